The van der Waals surface area contributed by atoms with Crippen molar-refractivity contribution in [2.75, 3.05) is 31.1 Å². The Bertz CT molecular complexity index is 658. The summed E-state index contributed by atoms with van der Waals surface area (Å²) < 4.78 is 28.9. The molecule has 1 saturated heterocycles. The third kappa shape index (κ3) is 6.75. The zero-order valence-corrected chi connectivity index (χ0v) is 18.0. The summed E-state index contributed by atoms with van der Waals surface area (Å²) in [6.07, 6.45) is 13.2. The summed E-state index contributed by atoms with van der Waals surface area (Å²) in [4.78, 5) is 2.69. The van der Waals surface area contributed by atoms with Gasteiger partial charge in [0.1, 0.15) is 0 Å². The lowest BCUT2D eigenvalue weighted by molar-refractivity contribution is 0.440. The van der Waals surface area contributed by atoms with Crippen LogP contribution in [0.15, 0.2) is 29.2 Å². The van der Waals surface area contributed by atoms with E-state index < -0.39 is 10.0 Å². The van der Waals surface area contributed by atoms with E-state index in [1.165, 1.54) is 44.9 Å². The molecular formula is C22H37N3O2S. The molecule has 0 atom stereocenters. The molecule has 5 nitrogen and oxygen atoms in total. The maximum absolute atomic E-state index is 12.9. The van der Waals surface area contributed by atoms with Gasteiger partial charge >= 0.3 is 0 Å². The molecule has 1 heterocycles. The van der Waals surface area contributed by atoms with Crippen molar-refractivity contribution in [1.29, 1.82) is 0 Å². The molecule has 2 N–H and O–H groups in total. The van der Waals surface area contributed by atoms with Gasteiger partial charge in [-0.3, -0.25) is 0 Å². The Kier molecular flexibility index (Phi) is 8.62. The van der Waals surface area contributed by atoms with E-state index in [9.17, 15) is 8.42 Å². The lowest BCUT2D eigenvalue weighted by atomic mass is 9.98. The van der Waals surface area contributed by atoms with Gasteiger partial charge in [0.25, 0.3) is 0 Å². The average molecular weight is 408 g/mol. The molecule has 0 bridgehead atoms. The molecule has 28 heavy (non-hydrogen) atoms. The molecule has 0 amide bonds. The highest BCUT2D eigenvalue weighted by molar-refractivity contribution is 7.89. The lowest BCUT2D eigenvalue weighted by Crippen LogP contribution is -2.43. The van der Waals surface area contributed by atoms with Crippen LogP contribution in [-0.2, 0) is 10.0 Å². The van der Waals surface area contributed by atoms with E-state index in [0.717, 1.165) is 57.5 Å². The zero-order valence-electron chi connectivity index (χ0n) is 17.2. The van der Waals surface area contributed by atoms with E-state index >= 15 is 0 Å². The Morgan fingerprint density at radius 2 is 1.29 bits per heavy atom. The van der Waals surface area contributed by atoms with Crippen LogP contribution in [0, 0.1) is 0 Å². The van der Waals surface area contributed by atoms with Gasteiger partial charge in [-0.2, -0.15) is 0 Å². The van der Waals surface area contributed by atoms with Crippen LogP contribution in [0.25, 0.3) is 0 Å². The molecule has 3 rings (SSSR count). The summed E-state index contributed by atoms with van der Waals surface area (Å²) in [7, 11) is -3.45. The Hall–Kier alpha value is -1.11. The van der Waals surface area contributed by atoms with Crippen LogP contribution < -0.4 is 14.9 Å². The van der Waals surface area contributed by atoms with E-state index in [2.05, 4.69) is 14.9 Å². The second-order valence-electron chi connectivity index (χ2n) is 8.31. The van der Waals surface area contributed by atoms with Gasteiger partial charge in [-0.1, -0.05) is 57.8 Å². The smallest absolute Gasteiger partial charge is 0.240 e. The minimum absolute atomic E-state index is 0.0669. The monoisotopic (exact) mass is 407 g/mol. The Morgan fingerprint density at radius 1 is 0.786 bits per heavy atom. The molecule has 158 valence electrons. The molecule has 2 aliphatic rings. The number of rotatable bonds is 4. The summed E-state index contributed by atoms with van der Waals surface area (Å²) in [6.45, 7) is 3.88. The van der Waals surface area contributed by atoms with Gasteiger partial charge < -0.3 is 10.2 Å². The topological polar surface area (TPSA) is 61.4 Å². The number of nitrogens with zero attached hydrogens (tertiary/aromatic N) is 1. The number of hydrogen-bond donors (Lipinski definition) is 2. The molecule has 6 heteroatoms. The SMILES string of the molecule is O=S(=O)(NC1CCCCCCCCCCC1)c1ccc(N2CCNCC2)cc1. The minimum Gasteiger partial charge on any atom is -0.369 e. The van der Waals surface area contributed by atoms with Crippen molar-refractivity contribution in [3.8, 4) is 0 Å². The second kappa shape index (κ2) is 11.2. The van der Waals surface area contributed by atoms with E-state index in [1.54, 1.807) is 12.1 Å². The first kappa shape index (κ1) is 21.6. The summed E-state index contributed by atoms with van der Waals surface area (Å²) in [5, 5.41) is 3.34. The van der Waals surface area contributed by atoms with Crippen LogP contribution in [0.4, 0.5) is 5.69 Å². The molecule has 1 aliphatic heterocycles. The highest BCUT2D eigenvalue weighted by atomic mass is 32.2. The van der Waals surface area contributed by atoms with Gasteiger partial charge in [0.15, 0.2) is 0 Å². The molecular weight excluding hydrogens is 370 g/mol. The van der Waals surface area contributed by atoms with Crippen molar-refractivity contribution in [1.82, 2.24) is 10.0 Å². The molecule has 2 fully saturated rings. The van der Waals surface area contributed by atoms with Gasteiger partial charge in [0, 0.05) is 37.9 Å². The standard InChI is InChI=1S/C22H37N3O2S/c26-28(27,22-14-12-21(13-15-22)25-18-16-23-17-19-25)24-20-10-8-6-4-2-1-3-5-7-9-11-20/h12-15,20,23-24H,1-11,16-19H2. The number of sulfonamides is 1. The zero-order chi connectivity index (χ0) is 19.7. The average Bonchev–Trinajstić information content (AvgIpc) is 2.71. The minimum atomic E-state index is -3.45. The number of piperazine rings is 1. The van der Waals surface area contributed by atoms with Crippen LogP contribution in [0.5, 0.6) is 0 Å². The predicted octanol–water partition coefficient (Wildman–Crippen LogP) is 4.05. The summed E-state index contributed by atoms with van der Waals surface area (Å²) in [5.74, 6) is 0. The molecule has 0 spiro atoms. The predicted molar refractivity (Wildman–Crippen MR) is 116 cm³/mol. The van der Waals surface area contributed by atoms with E-state index in [4.69, 9.17) is 0 Å². The van der Waals surface area contributed by atoms with Crippen molar-refractivity contribution in [2.45, 2.75) is 81.6 Å². The Morgan fingerprint density at radius 3 is 1.82 bits per heavy atom. The fraction of sp³-hybridized carbons (Fsp3) is 0.727. The first-order chi connectivity index (χ1) is 13.6. The quantitative estimate of drug-likeness (QED) is 0.790. The van der Waals surface area contributed by atoms with Gasteiger partial charge in [0.05, 0.1) is 4.90 Å². The van der Waals surface area contributed by atoms with Crippen LogP contribution in [0.1, 0.15) is 70.6 Å². The van der Waals surface area contributed by atoms with Crippen molar-refractivity contribution < 1.29 is 8.42 Å². The van der Waals surface area contributed by atoms with Crippen LogP contribution in [0.2, 0.25) is 0 Å². The first-order valence-electron chi connectivity index (χ1n) is 11.2. The van der Waals surface area contributed by atoms with Gasteiger partial charge in [-0.25, -0.2) is 13.1 Å². The normalized spacial score (nSPS) is 21.6. The van der Waals surface area contributed by atoms with Crippen LogP contribution in [-0.4, -0.2) is 40.6 Å². The Balaban J connectivity index is 1.59. The largest absolute Gasteiger partial charge is 0.369 e. The maximum Gasteiger partial charge on any atom is 0.240 e. The fourth-order valence-corrected chi connectivity index (χ4v) is 5.63. The van der Waals surface area contributed by atoms with E-state index in [1.807, 2.05) is 12.1 Å². The molecule has 0 radical (unpaired) electrons. The first-order valence-corrected chi connectivity index (χ1v) is 12.7. The van der Waals surface area contributed by atoms with Gasteiger partial charge in [0.2, 0.25) is 10.0 Å². The Labute approximate surface area is 171 Å². The van der Waals surface area contributed by atoms with Crippen molar-refractivity contribution in [3.05, 3.63) is 24.3 Å². The molecule has 1 saturated carbocycles. The van der Waals surface area contributed by atoms with E-state index in [0.29, 0.717) is 4.90 Å². The molecule has 1 aromatic carbocycles. The molecule has 0 aromatic heterocycles. The number of nitrogens with one attached hydrogen (secondary N) is 2. The third-order valence-electron chi connectivity index (χ3n) is 6.06. The lowest BCUT2D eigenvalue weighted by Gasteiger charge is -2.29. The van der Waals surface area contributed by atoms with Crippen molar-refractivity contribution >= 4 is 15.7 Å². The van der Waals surface area contributed by atoms with Crippen LogP contribution in [0.3, 0.4) is 0 Å². The summed E-state index contributed by atoms with van der Waals surface area (Å²) in [6, 6.07) is 7.48. The highest BCUT2D eigenvalue weighted by Gasteiger charge is 2.20. The van der Waals surface area contributed by atoms with Gasteiger partial charge in [-0.15, -0.1) is 0 Å². The summed E-state index contributed by atoms with van der Waals surface area (Å²) >= 11 is 0. The third-order valence-corrected chi connectivity index (χ3v) is 7.59. The van der Waals surface area contributed by atoms with E-state index in [-0.39, 0.29) is 6.04 Å². The van der Waals surface area contributed by atoms with Crippen molar-refractivity contribution in [3.63, 3.8) is 0 Å². The summed E-state index contributed by atoms with van der Waals surface area (Å²) in [5.41, 5.74) is 1.10. The van der Waals surface area contributed by atoms with Gasteiger partial charge in [-0.05, 0) is 37.1 Å². The highest BCUT2D eigenvalue weighted by Crippen LogP contribution is 2.21. The fourth-order valence-electron chi connectivity index (χ4n) is 4.33. The number of hydrogen-bond acceptors (Lipinski definition) is 4. The second-order valence-corrected chi connectivity index (χ2v) is 10.0. The molecule has 1 aromatic rings. The maximum atomic E-state index is 12.9. The molecule has 0 unspecified atom stereocenters. The van der Waals surface area contributed by atoms with Crippen LogP contribution >= 0.6 is 0 Å². The van der Waals surface area contributed by atoms with Crippen molar-refractivity contribution in [2.24, 2.45) is 0 Å². The molecule has 1 aliphatic carbocycles. The number of benzene rings is 1. The number of anilines is 1.